The van der Waals surface area contributed by atoms with Gasteiger partial charge in [-0.25, -0.2) is 0 Å². The Morgan fingerprint density at radius 2 is 1.86 bits per heavy atom. The number of methoxy groups -OCH3 is 1. The molecule has 1 aliphatic carbocycles. The molecule has 1 aromatic carbocycles. The quantitative estimate of drug-likeness (QED) is 0.537. The first-order valence-corrected chi connectivity index (χ1v) is 14.0. The van der Waals surface area contributed by atoms with Gasteiger partial charge in [-0.1, -0.05) is 35.9 Å². The van der Waals surface area contributed by atoms with E-state index in [0.29, 0.717) is 13.0 Å². The lowest BCUT2D eigenvalue weighted by atomic mass is 9.90. The van der Waals surface area contributed by atoms with Gasteiger partial charge in [-0.05, 0) is 62.5 Å². The van der Waals surface area contributed by atoms with Crippen molar-refractivity contribution in [2.24, 2.45) is 5.73 Å². The maximum absolute atomic E-state index is 13.6. The molecular weight excluding hydrogens is 472 g/mol. The van der Waals surface area contributed by atoms with Gasteiger partial charge < -0.3 is 20.7 Å². The molecule has 1 aromatic heterocycles. The average Bonchev–Trinajstić information content (AvgIpc) is 3.39. The van der Waals surface area contributed by atoms with Crippen LogP contribution < -0.4 is 11.1 Å². The molecule has 8 heteroatoms. The van der Waals surface area contributed by atoms with Crippen molar-refractivity contribution in [2.45, 2.75) is 82.7 Å². The molecule has 0 bridgehead atoms. The Bertz CT molecular complexity index is 973. The number of ether oxygens (including phenoxy) is 1. The van der Waals surface area contributed by atoms with Crippen LogP contribution in [0.5, 0.6) is 0 Å². The van der Waals surface area contributed by atoms with E-state index < -0.39 is 6.04 Å². The molecule has 0 spiro atoms. The SMILES string of the molecule is COCC(=O)N1CCC(N(Cc2ccc(C)cc2)Cc2cccs2)C[C@@H]1C(=O)NC1CCC(N)CC1. The molecule has 2 aliphatic rings. The van der Waals surface area contributed by atoms with Crippen LogP contribution in [-0.2, 0) is 27.4 Å². The highest BCUT2D eigenvalue weighted by molar-refractivity contribution is 7.09. The van der Waals surface area contributed by atoms with Crippen molar-refractivity contribution >= 4 is 23.2 Å². The topological polar surface area (TPSA) is 87.9 Å². The monoisotopic (exact) mass is 512 g/mol. The van der Waals surface area contributed by atoms with E-state index in [1.54, 1.807) is 16.2 Å². The predicted octanol–water partition coefficient (Wildman–Crippen LogP) is 3.45. The van der Waals surface area contributed by atoms with Crippen LogP contribution in [0.15, 0.2) is 41.8 Å². The van der Waals surface area contributed by atoms with Crippen molar-refractivity contribution < 1.29 is 14.3 Å². The fraction of sp³-hybridized carbons (Fsp3) is 0.571. The van der Waals surface area contributed by atoms with Crippen LogP contribution in [0.1, 0.15) is 54.5 Å². The summed E-state index contributed by atoms with van der Waals surface area (Å²) in [7, 11) is 1.52. The number of rotatable bonds is 9. The van der Waals surface area contributed by atoms with Gasteiger partial charge in [0, 0.05) is 49.7 Å². The van der Waals surface area contributed by atoms with Crippen LogP contribution in [0.2, 0.25) is 0 Å². The van der Waals surface area contributed by atoms with E-state index in [1.807, 2.05) is 0 Å². The molecule has 2 heterocycles. The number of hydrogen-bond acceptors (Lipinski definition) is 6. The van der Waals surface area contributed by atoms with Gasteiger partial charge in [0.1, 0.15) is 12.6 Å². The predicted molar refractivity (Wildman–Crippen MR) is 144 cm³/mol. The molecule has 2 fully saturated rings. The van der Waals surface area contributed by atoms with Crippen LogP contribution in [0, 0.1) is 6.92 Å². The molecule has 3 N–H and O–H groups in total. The summed E-state index contributed by atoms with van der Waals surface area (Å²) in [5.41, 5.74) is 8.56. The summed E-state index contributed by atoms with van der Waals surface area (Å²) < 4.78 is 5.13. The number of piperidine rings is 1. The van der Waals surface area contributed by atoms with Gasteiger partial charge in [0.05, 0.1) is 0 Å². The summed E-state index contributed by atoms with van der Waals surface area (Å²) in [5, 5.41) is 5.36. The number of nitrogens with one attached hydrogen (secondary N) is 1. The van der Waals surface area contributed by atoms with Gasteiger partial charge in [0.2, 0.25) is 11.8 Å². The molecule has 2 amide bonds. The molecule has 2 atom stereocenters. The van der Waals surface area contributed by atoms with Gasteiger partial charge in [0.15, 0.2) is 0 Å². The number of hydrogen-bond donors (Lipinski definition) is 2. The van der Waals surface area contributed by atoms with Gasteiger partial charge in [-0.2, -0.15) is 0 Å². The highest BCUT2D eigenvalue weighted by Crippen LogP contribution is 2.27. The maximum atomic E-state index is 13.6. The van der Waals surface area contributed by atoms with E-state index in [-0.39, 0.29) is 36.5 Å². The minimum atomic E-state index is -0.495. The molecule has 1 aliphatic heterocycles. The third-order valence-corrected chi connectivity index (χ3v) is 8.41. The lowest BCUT2D eigenvalue weighted by Gasteiger charge is -2.43. The Hall–Kier alpha value is -2.26. The minimum Gasteiger partial charge on any atom is -0.375 e. The van der Waals surface area contributed by atoms with Crippen LogP contribution >= 0.6 is 11.3 Å². The van der Waals surface area contributed by atoms with Gasteiger partial charge >= 0.3 is 0 Å². The normalized spacial score (nSPS) is 24.6. The fourth-order valence-corrected chi connectivity index (χ4v) is 6.17. The van der Waals surface area contributed by atoms with E-state index in [0.717, 1.165) is 45.2 Å². The van der Waals surface area contributed by atoms with E-state index >= 15 is 0 Å². The van der Waals surface area contributed by atoms with Crippen molar-refractivity contribution in [1.82, 2.24) is 15.1 Å². The Morgan fingerprint density at radius 3 is 2.53 bits per heavy atom. The second-order valence-corrected chi connectivity index (χ2v) is 11.3. The van der Waals surface area contributed by atoms with Gasteiger partial charge in [-0.3, -0.25) is 14.5 Å². The van der Waals surface area contributed by atoms with Crippen molar-refractivity contribution in [3.05, 3.63) is 57.8 Å². The Morgan fingerprint density at radius 1 is 1.11 bits per heavy atom. The molecule has 1 saturated heterocycles. The maximum Gasteiger partial charge on any atom is 0.249 e. The summed E-state index contributed by atoms with van der Waals surface area (Å²) in [5.74, 6) is -0.166. The lowest BCUT2D eigenvalue weighted by molar-refractivity contribution is -0.147. The molecule has 2 aromatic rings. The van der Waals surface area contributed by atoms with Crippen molar-refractivity contribution in [1.29, 1.82) is 0 Å². The first kappa shape index (κ1) is 26.8. The van der Waals surface area contributed by atoms with Crippen LogP contribution in [0.3, 0.4) is 0 Å². The highest BCUT2D eigenvalue weighted by Gasteiger charge is 2.39. The lowest BCUT2D eigenvalue weighted by Crippen LogP contribution is -2.59. The smallest absolute Gasteiger partial charge is 0.249 e. The van der Waals surface area contributed by atoms with Gasteiger partial charge in [0.25, 0.3) is 0 Å². The van der Waals surface area contributed by atoms with E-state index in [4.69, 9.17) is 10.5 Å². The van der Waals surface area contributed by atoms with Crippen molar-refractivity contribution in [3.63, 3.8) is 0 Å². The number of likely N-dealkylation sites (tertiary alicyclic amines) is 1. The molecule has 4 rings (SSSR count). The first-order valence-electron chi connectivity index (χ1n) is 13.1. The molecule has 7 nitrogen and oxygen atoms in total. The number of thiophene rings is 1. The summed E-state index contributed by atoms with van der Waals surface area (Å²) in [4.78, 5) is 32.0. The zero-order chi connectivity index (χ0) is 25.5. The molecule has 0 radical (unpaired) electrons. The largest absolute Gasteiger partial charge is 0.375 e. The summed E-state index contributed by atoms with van der Waals surface area (Å²) >= 11 is 1.76. The molecule has 36 heavy (non-hydrogen) atoms. The average molecular weight is 513 g/mol. The van der Waals surface area contributed by atoms with E-state index in [2.05, 4.69) is 58.9 Å². The van der Waals surface area contributed by atoms with Gasteiger partial charge in [-0.15, -0.1) is 11.3 Å². The second-order valence-electron chi connectivity index (χ2n) is 10.3. The number of nitrogens with two attached hydrogens (primary N) is 1. The minimum absolute atomic E-state index is 0.00496. The van der Waals surface area contributed by atoms with E-state index in [9.17, 15) is 9.59 Å². The zero-order valence-corrected chi connectivity index (χ0v) is 22.3. The second kappa shape index (κ2) is 12.8. The summed E-state index contributed by atoms with van der Waals surface area (Å²) in [6, 6.07) is 13.0. The Kier molecular flexibility index (Phi) is 9.53. The number of carbonyl (C=O) groups is 2. The first-order chi connectivity index (χ1) is 17.4. The van der Waals surface area contributed by atoms with Crippen LogP contribution in [-0.4, -0.2) is 66.0 Å². The number of nitrogens with zero attached hydrogens (tertiary/aromatic N) is 2. The molecular formula is C28H40N4O3S. The summed E-state index contributed by atoms with van der Waals surface area (Å²) in [6.45, 7) is 4.29. The van der Waals surface area contributed by atoms with Crippen LogP contribution in [0.25, 0.3) is 0 Å². The number of aryl methyl sites for hydroxylation is 1. The van der Waals surface area contributed by atoms with Crippen molar-refractivity contribution in [3.8, 4) is 0 Å². The Labute approximate surface area is 219 Å². The highest BCUT2D eigenvalue weighted by atomic mass is 32.1. The fourth-order valence-electron chi connectivity index (χ4n) is 5.44. The third kappa shape index (κ3) is 7.16. The molecule has 1 saturated carbocycles. The third-order valence-electron chi connectivity index (χ3n) is 7.55. The number of amides is 2. The van der Waals surface area contributed by atoms with E-state index in [1.165, 1.54) is 23.1 Å². The zero-order valence-electron chi connectivity index (χ0n) is 21.5. The van der Waals surface area contributed by atoms with Crippen molar-refractivity contribution in [2.75, 3.05) is 20.3 Å². The molecule has 196 valence electrons. The Balaban J connectivity index is 1.51. The number of carbonyl (C=O) groups excluding carboxylic acids is 2. The summed E-state index contributed by atoms with van der Waals surface area (Å²) in [6.07, 6.45) is 5.09. The molecule has 1 unspecified atom stereocenters. The standard InChI is InChI=1S/C28H40N4O3S/c1-20-5-7-21(8-6-20)17-31(18-25-4-3-15-36-25)24-13-14-32(27(33)19-35-2)26(16-24)28(34)30-23-11-9-22(29)10-12-23/h3-8,15,22-24,26H,9-14,16-19,29H2,1-2H3,(H,30,34)/t22?,23?,24?,26-/m1/s1. The van der Waals surface area contributed by atoms with Crippen LogP contribution in [0.4, 0.5) is 0 Å². The number of benzene rings is 1.